The van der Waals surface area contributed by atoms with E-state index in [0.29, 0.717) is 29.0 Å². The molecule has 1 aliphatic heterocycles. The SMILES string of the molecule is CC.CC.CC(=O)OC(C)(C)C.CCCN(CC)CCC(C)CC.CCn1c(SC(C(=O)N2CCCC2)c2ccccc2)nc2cc3ccccc3cc2c1=O.CNC=O. The summed E-state index contributed by atoms with van der Waals surface area (Å²) in [7, 11) is 1.56. The molecule has 0 saturated carbocycles. The second kappa shape index (κ2) is 31.6. The van der Waals surface area contributed by atoms with Crippen molar-refractivity contribution in [2.75, 3.05) is 39.8 Å². The highest BCUT2D eigenvalue weighted by molar-refractivity contribution is 8.00. The Morgan fingerprint density at radius 3 is 1.92 bits per heavy atom. The molecule has 0 aliphatic carbocycles. The molecule has 10 nitrogen and oxygen atoms in total. The van der Waals surface area contributed by atoms with Gasteiger partial charge in [-0.3, -0.25) is 23.7 Å². The third kappa shape index (κ3) is 20.4. The van der Waals surface area contributed by atoms with Gasteiger partial charge in [0.1, 0.15) is 10.9 Å². The van der Waals surface area contributed by atoms with Crippen molar-refractivity contribution in [1.29, 1.82) is 0 Å². The number of hydrogen-bond acceptors (Lipinski definition) is 8. The molecule has 60 heavy (non-hydrogen) atoms. The van der Waals surface area contributed by atoms with Crippen molar-refractivity contribution in [3.05, 3.63) is 82.6 Å². The molecule has 0 radical (unpaired) electrons. The molecule has 1 saturated heterocycles. The smallest absolute Gasteiger partial charge is 0.303 e. The van der Waals surface area contributed by atoms with Crippen molar-refractivity contribution in [3.63, 3.8) is 0 Å². The number of rotatable bonds is 13. The average molecular weight is 850 g/mol. The van der Waals surface area contributed by atoms with E-state index in [2.05, 4.69) is 37.9 Å². The van der Waals surface area contributed by atoms with E-state index >= 15 is 0 Å². The molecule has 2 atom stereocenters. The number of amides is 2. The highest BCUT2D eigenvalue weighted by atomic mass is 32.2. The highest BCUT2D eigenvalue weighted by Gasteiger charge is 2.30. The molecule has 2 heterocycles. The normalized spacial score (nSPS) is 12.7. The van der Waals surface area contributed by atoms with Crippen molar-refractivity contribution in [3.8, 4) is 0 Å². The molecule has 2 unspecified atom stereocenters. The Hall–Kier alpha value is -4.22. The number of likely N-dealkylation sites (tertiary alicyclic amines) is 1. The number of carbonyl (C=O) groups is 3. The van der Waals surface area contributed by atoms with Crippen LogP contribution in [0, 0.1) is 5.92 Å². The lowest BCUT2D eigenvalue weighted by molar-refractivity contribution is -0.151. The average Bonchev–Trinajstić information content (AvgIpc) is 3.80. The van der Waals surface area contributed by atoms with E-state index in [1.165, 1.54) is 57.6 Å². The third-order valence-electron chi connectivity index (χ3n) is 9.26. The second-order valence-electron chi connectivity index (χ2n) is 15.0. The van der Waals surface area contributed by atoms with Crippen LogP contribution in [0.4, 0.5) is 0 Å². The molecule has 5 rings (SSSR count). The maximum absolute atomic E-state index is 13.5. The summed E-state index contributed by atoms with van der Waals surface area (Å²) in [6.45, 7) is 31.9. The van der Waals surface area contributed by atoms with Gasteiger partial charge in [0.05, 0.1) is 10.9 Å². The molecule has 0 bridgehead atoms. The molecule has 336 valence electrons. The van der Waals surface area contributed by atoms with E-state index in [-0.39, 0.29) is 23.0 Å². The van der Waals surface area contributed by atoms with Gasteiger partial charge >= 0.3 is 5.97 Å². The lowest BCUT2D eigenvalue weighted by atomic mass is 10.1. The molecule has 11 heteroatoms. The molecule has 4 aromatic rings. The van der Waals surface area contributed by atoms with Crippen LogP contribution in [0.3, 0.4) is 0 Å². The molecule has 0 spiro atoms. The zero-order valence-electron chi connectivity index (χ0n) is 39.6. The largest absolute Gasteiger partial charge is 0.460 e. The summed E-state index contributed by atoms with van der Waals surface area (Å²) in [6.07, 6.45) is 6.68. The Balaban J connectivity index is 0.00000103. The summed E-state index contributed by atoms with van der Waals surface area (Å²) in [4.78, 5) is 55.5. The Bertz CT molecular complexity index is 1840. The molecular formula is C49H79N5O5S. The molecule has 3 aromatic carbocycles. The van der Waals surface area contributed by atoms with Gasteiger partial charge in [0.15, 0.2) is 5.16 Å². The molecule has 1 aromatic heterocycles. The first-order chi connectivity index (χ1) is 28.7. The standard InChI is InChI=1S/C26H25N3O2S.C11H25N.C6H12O2.C2H5NO.2C2H6/c1-2-29-24(30)21-16-19-12-6-7-13-20(19)17-22(21)27-26(29)32-23(18-10-4-3-5-11-18)25(31)28-14-8-9-15-28;1-5-9-12(7-3)10-8-11(4)6-2;1-5(7)8-6(2,3)4;1-3-2-4;2*1-2/h3-7,10-13,16-17,23H,2,8-9,14-15H2,1H3;11H,5-10H2,1-4H3;1-4H3;2H,1H3,(H,3,4);2*1-2H3. The fourth-order valence-electron chi connectivity index (χ4n) is 6.14. The van der Waals surface area contributed by atoms with E-state index in [4.69, 9.17) is 14.5 Å². The van der Waals surface area contributed by atoms with Crippen molar-refractivity contribution >= 4 is 51.7 Å². The quantitative estimate of drug-likeness (QED) is 0.0465. The Morgan fingerprint density at radius 2 is 1.47 bits per heavy atom. The Morgan fingerprint density at radius 1 is 0.917 bits per heavy atom. The van der Waals surface area contributed by atoms with Gasteiger partial charge in [-0.2, -0.15) is 0 Å². The second-order valence-corrected chi connectivity index (χ2v) is 16.0. The maximum atomic E-state index is 13.5. The predicted octanol–water partition coefficient (Wildman–Crippen LogP) is 10.9. The fourth-order valence-corrected chi connectivity index (χ4v) is 7.38. The van der Waals surface area contributed by atoms with Crippen LogP contribution in [0.15, 0.2) is 76.7 Å². The van der Waals surface area contributed by atoms with Crippen LogP contribution in [0.1, 0.15) is 133 Å². The summed E-state index contributed by atoms with van der Waals surface area (Å²) in [5, 5.41) is 5.08. The zero-order valence-corrected chi connectivity index (χ0v) is 40.4. The van der Waals surface area contributed by atoms with Crippen molar-refractivity contribution in [1.82, 2.24) is 24.7 Å². The fraction of sp³-hybridized carbons (Fsp3) is 0.571. The van der Waals surface area contributed by atoms with Gasteiger partial charge < -0.3 is 19.9 Å². The van der Waals surface area contributed by atoms with Crippen LogP contribution < -0.4 is 10.9 Å². The molecular weight excluding hydrogens is 771 g/mol. The number of aromatic nitrogens is 2. The van der Waals surface area contributed by atoms with Crippen LogP contribution in [0.25, 0.3) is 21.7 Å². The summed E-state index contributed by atoms with van der Waals surface area (Å²) in [6, 6.07) is 21.7. The van der Waals surface area contributed by atoms with Crippen LogP contribution >= 0.6 is 11.8 Å². The van der Waals surface area contributed by atoms with Gasteiger partial charge in [0.2, 0.25) is 12.3 Å². The van der Waals surface area contributed by atoms with E-state index in [1.807, 2.05) is 127 Å². The number of hydrogen-bond donors (Lipinski definition) is 1. The van der Waals surface area contributed by atoms with Gasteiger partial charge in [-0.25, -0.2) is 4.98 Å². The summed E-state index contributed by atoms with van der Waals surface area (Å²) >= 11 is 1.38. The number of ether oxygens (including phenoxy) is 1. The van der Waals surface area contributed by atoms with Crippen molar-refractivity contribution in [2.45, 2.75) is 145 Å². The number of thioether (sulfide) groups is 1. The topological polar surface area (TPSA) is 114 Å². The van der Waals surface area contributed by atoms with Gasteiger partial charge in [0, 0.05) is 33.6 Å². The van der Waals surface area contributed by atoms with Crippen LogP contribution in [0.5, 0.6) is 0 Å². The Kier molecular flexibility index (Phi) is 29.4. The first-order valence-corrected chi connectivity index (χ1v) is 23.1. The third-order valence-corrected chi connectivity index (χ3v) is 10.5. The molecule has 1 fully saturated rings. The van der Waals surface area contributed by atoms with Crippen molar-refractivity contribution in [2.24, 2.45) is 5.92 Å². The van der Waals surface area contributed by atoms with Gasteiger partial charge in [-0.1, -0.05) is 128 Å². The first kappa shape index (κ1) is 55.8. The first-order valence-electron chi connectivity index (χ1n) is 22.2. The lowest BCUT2D eigenvalue weighted by Crippen LogP contribution is -2.32. The number of nitrogens with zero attached hydrogens (tertiary/aromatic N) is 4. The maximum Gasteiger partial charge on any atom is 0.303 e. The van der Waals surface area contributed by atoms with E-state index < -0.39 is 5.25 Å². The molecule has 1 aliphatic rings. The Labute approximate surface area is 367 Å². The van der Waals surface area contributed by atoms with Crippen LogP contribution in [-0.2, 0) is 25.7 Å². The molecule has 1 N–H and O–H groups in total. The van der Waals surface area contributed by atoms with Gasteiger partial charge in [-0.05, 0) is 107 Å². The minimum absolute atomic E-state index is 0.0637. The summed E-state index contributed by atoms with van der Waals surface area (Å²) < 4.78 is 6.49. The summed E-state index contributed by atoms with van der Waals surface area (Å²) in [5.74, 6) is 0.766. The van der Waals surface area contributed by atoms with Crippen LogP contribution in [0.2, 0.25) is 0 Å². The number of carbonyl (C=O) groups excluding carboxylic acids is 3. The van der Waals surface area contributed by atoms with E-state index in [0.717, 1.165) is 48.2 Å². The van der Waals surface area contributed by atoms with E-state index in [9.17, 15) is 14.4 Å². The zero-order chi connectivity index (χ0) is 45.7. The molecule has 2 amide bonds. The predicted molar refractivity (Wildman–Crippen MR) is 256 cm³/mol. The highest BCUT2D eigenvalue weighted by Crippen LogP contribution is 2.37. The monoisotopic (exact) mass is 850 g/mol. The number of nitrogens with one attached hydrogen (secondary N) is 1. The minimum atomic E-state index is -0.433. The lowest BCUT2D eigenvalue weighted by Gasteiger charge is -2.24. The van der Waals surface area contributed by atoms with Crippen molar-refractivity contribution < 1.29 is 19.1 Å². The number of benzene rings is 3. The van der Waals surface area contributed by atoms with Gasteiger partial charge in [-0.15, -0.1) is 0 Å². The minimum Gasteiger partial charge on any atom is -0.460 e. The van der Waals surface area contributed by atoms with E-state index in [1.54, 1.807) is 11.6 Å². The van der Waals surface area contributed by atoms with Crippen LogP contribution in [-0.4, -0.2) is 83.0 Å². The number of fused-ring (bicyclic) bond motifs is 2. The number of esters is 1. The van der Waals surface area contributed by atoms with Gasteiger partial charge in [0.25, 0.3) is 5.56 Å². The summed E-state index contributed by atoms with van der Waals surface area (Å²) in [5.41, 5.74) is 1.21.